The Morgan fingerprint density at radius 1 is 1.17 bits per heavy atom. The maximum absolute atomic E-state index is 12.1. The Bertz CT molecular complexity index is 691. The van der Waals surface area contributed by atoms with Gasteiger partial charge in [-0.05, 0) is 50.1 Å². The van der Waals surface area contributed by atoms with Crippen LogP contribution in [0.5, 0.6) is 0 Å². The number of carbonyl (C=O) groups is 2. The summed E-state index contributed by atoms with van der Waals surface area (Å²) < 4.78 is 5.28. The fraction of sp³-hybridized carbons (Fsp3) is 0.333. The molecule has 0 saturated carbocycles. The number of furan rings is 1. The molecule has 2 amide bonds. The second kappa shape index (κ2) is 7.63. The lowest BCUT2D eigenvalue weighted by Gasteiger charge is -2.12. The van der Waals surface area contributed by atoms with Crippen molar-refractivity contribution in [1.29, 1.82) is 0 Å². The largest absolute Gasteiger partial charge is 0.456 e. The van der Waals surface area contributed by atoms with Gasteiger partial charge in [0.2, 0.25) is 0 Å². The number of aryl methyl sites for hydroxylation is 1. The summed E-state index contributed by atoms with van der Waals surface area (Å²) in [5.41, 5.74) is 1.45. The summed E-state index contributed by atoms with van der Waals surface area (Å²) in [6.45, 7) is 6.11. The van der Waals surface area contributed by atoms with Crippen LogP contribution in [0.3, 0.4) is 0 Å². The van der Waals surface area contributed by atoms with E-state index in [0.717, 1.165) is 12.0 Å². The van der Waals surface area contributed by atoms with Crippen LogP contribution < -0.4 is 10.6 Å². The second-order valence-corrected chi connectivity index (χ2v) is 5.58. The molecule has 0 bridgehead atoms. The van der Waals surface area contributed by atoms with Crippen molar-refractivity contribution in [2.24, 2.45) is 0 Å². The Hall–Kier alpha value is -2.56. The number of hydrogen-bond acceptors (Lipinski definition) is 3. The molecule has 0 spiro atoms. The maximum atomic E-state index is 12.1. The lowest BCUT2D eigenvalue weighted by molar-refractivity contribution is 0.0920. The Morgan fingerprint density at radius 3 is 2.61 bits per heavy atom. The van der Waals surface area contributed by atoms with Crippen LogP contribution >= 0.6 is 0 Å². The highest BCUT2D eigenvalue weighted by Crippen LogP contribution is 2.08. The molecule has 122 valence electrons. The Labute approximate surface area is 136 Å². The van der Waals surface area contributed by atoms with Crippen LogP contribution in [-0.4, -0.2) is 17.9 Å². The molecule has 0 saturated heterocycles. The number of hydrogen-bond donors (Lipinski definition) is 2. The van der Waals surface area contributed by atoms with E-state index in [0.29, 0.717) is 17.9 Å². The highest BCUT2D eigenvalue weighted by Gasteiger charge is 2.11. The van der Waals surface area contributed by atoms with Crippen molar-refractivity contribution >= 4 is 11.8 Å². The molecular weight excluding hydrogens is 292 g/mol. The molecule has 0 aliphatic carbocycles. The van der Waals surface area contributed by atoms with Crippen molar-refractivity contribution in [1.82, 2.24) is 10.6 Å². The lowest BCUT2D eigenvalue weighted by atomic mass is 10.1. The highest BCUT2D eigenvalue weighted by atomic mass is 16.3. The Morgan fingerprint density at radius 2 is 1.96 bits per heavy atom. The number of amides is 2. The van der Waals surface area contributed by atoms with Gasteiger partial charge in [-0.1, -0.05) is 19.1 Å². The van der Waals surface area contributed by atoms with Crippen LogP contribution in [0, 0.1) is 6.92 Å². The lowest BCUT2D eigenvalue weighted by Crippen LogP contribution is -2.32. The van der Waals surface area contributed by atoms with Gasteiger partial charge < -0.3 is 15.1 Å². The van der Waals surface area contributed by atoms with Crippen LogP contribution in [0.1, 0.15) is 52.5 Å². The van der Waals surface area contributed by atoms with Gasteiger partial charge in [0.1, 0.15) is 5.76 Å². The zero-order valence-corrected chi connectivity index (χ0v) is 13.7. The van der Waals surface area contributed by atoms with Crippen molar-refractivity contribution in [2.45, 2.75) is 39.8 Å². The predicted octanol–water partition coefficient (Wildman–Crippen LogP) is 3.05. The van der Waals surface area contributed by atoms with E-state index in [2.05, 4.69) is 10.6 Å². The summed E-state index contributed by atoms with van der Waals surface area (Å²) in [5, 5.41) is 5.71. The minimum absolute atomic E-state index is 0.103. The summed E-state index contributed by atoms with van der Waals surface area (Å²) in [7, 11) is 0. The summed E-state index contributed by atoms with van der Waals surface area (Å²) in [6.07, 6.45) is 0.879. The first kappa shape index (κ1) is 16.8. The van der Waals surface area contributed by atoms with Gasteiger partial charge in [-0.3, -0.25) is 9.59 Å². The fourth-order valence-corrected chi connectivity index (χ4v) is 2.06. The quantitative estimate of drug-likeness (QED) is 0.861. The molecule has 0 aliphatic rings. The minimum atomic E-state index is -0.271. The molecule has 23 heavy (non-hydrogen) atoms. The topological polar surface area (TPSA) is 71.3 Å². The third kappa shape index (κ3) is 4.71. The first-order valence-corrected chi connectivity index (χ1v) is 7.74. The normalized spacial score (nSPS) is 11.8. The Kier molecular flexibility index (Phi) is 5.57. The monoisotopic (exact) mass is 314 g/mol. The van der Waals surface area contributed by atoms with Crippen LogP contribution in [0.25, 0.3) is 0 Å². The fourth-order valence-electron chi connectivity index (χ4n) is 2.06. The molecule has 1 atom stereocenters. The van der Waals surface area contributed by atoms with Gasteiger partial charge in [0, 0.05) is 18.2 Å². The van der Waals surface area contributed by atoms with Gasteiger partial charge in [-0.2, -0.15) is 0 Å². The van der Waals surface area contributed by atoms with Gasteiger partial charge in [0.05, 0.1) is 0 Å². The van der Waals surface area contributed by atoms with Crippen molar-refractivity contribution < 1.29 is 14.0 Å². The summed E-state index contributed by atoms with van der Waals surface area (Å²) in [6, 6.07) is 10.7. The molecule has 5 nitrogen and oxygen atoms in total. The van der Waals surface area contributed by atoms with Crippen LogP contribution in [0.2, 0.25) is 0 Å². The number of nitrogens with one attached hydrogen (secondary N) is 2. The average molecular weight is 314 g/mol. The minimum Gasteiger partial charge on any atom is -0.456 e. The molecule has 0 aliphatic heterocycles. The number of benzene rings is 1. The summed E-state index contributed by atoms with van der Waals surface area (Å²) in [5.74, 6) is 0.605. The van der Waals surface area contributed by atoms with Gasteiger partial charge in [0.25, 0.3) is 11.8 Å². The SMILES string of the molecule is CCC(C)NC(=O)c1cccc(CNC(=O)c2ccc(C)o2)c1. The van der Waals surface area contributed by atoms with E-state index in [4.69, 9.17) is 4.42 Å². The predicted molar refractivity (Wildman–Crippen MR) is 88.3 cm³/mol. The van der Waals surface area contributed by atoms with Gasteiger partial charge in [0.15, 0.2) is 5.76 Å². The maximum Gasteiger partial charge on any atom is 0.287 e. The molecule has 2 N–H and O–H groups in total. The first-order chi connectivity index (χ1) is 11.0. The molecular formula is C18H22N2O3. The molecule has 0 fully saturated rings. The van der Waals surface area contributed by atoms with Crippen LogP contribution in [0.4, 0.5) is 0 Å². The Balaban J connectivity index is 1.97. The molecule has 1 aromatic heterocycles. The van der Waals surface area contributed by atoms with E-state index in [1.807, 2.05) is 26.0 Å². The van der Waals surface area contributed by atoms with Gasteiger partial charge in [-0.15, -0.1) is 0 Å². The first-order valence-electron chi connectivity index (χ1n) is 7.74. The number of rotatable bonds is 6. The molecule has 1 aromatic carbocycles. The molecule has 1 unspecified atom stereocenters. The zero-order valence-electron chi connectivity index (χ0n) is 13.7. The van der Waals surface area contributed by atoms with E-state index < -0.39 is 0 Å². The molecule has 1 heterocycles. The second-order valence-electron chi connectivity index (χ2n) is 5.58. The van der Waals surface area contributed by atoms with E-state index in [1.165, 1.54) is 0 Å². The van der Waals surface area contributed by atoms with Crippen molar-refractivity contribution in [3.63, 3.8) is 0 Å². The summed E-state index contributed by atoms with van der Waals surface area (Å²) in [4.78, 5) is 24.1. The van der Waals surface area contributed by atoms with E-state index >= 15 is 0 Å². The molecule has 2 rings (SSSR count). The van der Waals surface area contributed by atoms with Crippen molar-refractivity contribution in [3.8, 4) is 0 Å². The zero-order chi connectivity index (χ0) is 16.8. The van der Waals surface area contributed by atoms with Crippen LogP contribution in [0.15, 0.2) is 40.8 Å². The van der Waals surface area contributed by atoms with Crippen LogP contribution in [-0.2, 0) is 6.54 Å². The smallest absolute Gasteiger partial charge is 0.287 e. The third-order valence-corrected chi connectivity index (χ3v) is 3.60. The third-order valence-electron chi connectivity index (χ3n) is 3.60. The number of carbonyl (C=O) groups excluding carboxylic acids is 2. The van der Waals surface area contributed by atoms with E-state index in [1.54, 1.807) is 31.2 Å². The summed E-state index contributed by atoms with van der Waals surface area (Å²) >= 11 is 0. The van der Waals surface area contributed by atoms with Crippen molar-refractivity contribution in [2.75, 3.05) is 0 Å². The molecule has 5 heteroatoms. The average Bonchev–Trinajstić information content (AvgIpc) is 2.99. The molecule has 2 aromatic rings. The van der Waals surface area contributed by atoms with Gasteiger partial charge >= 0.3 is 0 Å². The van der Waals surface area contributed by atoms with Crippen molar-refractivity contribution in [3.05, 3.63) is 59.0 Å². The standard InChI is InChI=1S/C18H22N2O3/c1-4-12(2)20-17(21)15-7-5-6-14(10-15)11-19-18(22)16-9-8-13(3)23-16/h5-10,12H,4,11H2,1-3H3,(H,19,22)(H,20,21). The highest BCUT2D eigenvalue weighted by molar-refractivity contribution is 5.94. The van der Waals surface area contributed by atoms with E-state index in [9.17, 15) is 9.59 Å². The van der Waals surface area contributed by atoms with Gasteiger partial charge in [-0.25, -0.2) is 0 Å². The van der Waals surface area contributed by atoms with E-state index in [-0.39, 0.29) is 23.6 Å². The molecule has 0 radical (unpaired) electrons.